The summed E-state index contributed by atoms with van der Waals surface area (Å²) in [7, 11) is -3.73. The van der Waals surface area contributed by atoms with Crippen LogP contribution in [0.2, 0.25) is 0 Å². The molecule has 0 spiro atoms. The third-order valence-electron chi connectivity index (χ3n) is 5.39. The largest absolute Gasteiger partial charge is 0.444 e. The Labute approximate surface area is 195 Å². The summed E-state index contributed by atoms with van der Waals surface area (Å²) in [4.78, 5) is 28.5. The summed E-state index contributed by atoms with van der Waals surface area (Å²) in [6.07, 6.45) is -0.380. The van der Waals surface area contributed by atoms with Crippen LogP contribution in [0.25, 0.3) is 0 Å². The van der Waals surface area contributed by atoms with E-state index < -0.39 is 15.6 Å². The SMILES string of the molecule is Cc1ccc(S(=O)(=O)Nc2ccc(C(=O)N3CCN(C(=O)OC(C)(C)C)CC3)cc2)cc1C. The highest BCUT2D eigenvalue weighted by Gasteiger charge is 2.28. The number of piperazine rings is 1. The first-order valence-electron chi connectivity index (χ1n) is 10.8. The van der Waals surface area contributed by atoms with Gasteiger partial charge in [0, 0.05) is 37.4 Å². The van der Waals surface area contributed by atoms with E-state index in [-0.39, 0.29) is 16.9 Å². The molecule has 0 saturated carbocycles. The molecule has 8 nitrogen and oxygen atoms in total. The number of hydrogen-bond donors (Lipinski definition) is 1. The summed E-state index contributed by atoms with van der Waals surface area (Å²) in [5, 5.41) is 0. The Hall–Kier alpha value is -3.07. The van der Waals surface area contributed by atoms with E-state index in [1.54, 1.807) is 52.3 Å². The van der Waals surface area contributed by atoms with Gasteiger partial charge in [0.25, 0.3) is 15.9 Å². The molecule has 1 aliphatic heterocycles. The van der Waals surface area contributed by atoms with E-state index in [9.17, 15) is 18.0 Å². The maximum absolute atomic E-state index is 12.8. The second-order valence-electron chi connectivity index (χ2n) is 9.19. The van der Waals surface area contributed by atoms with Gasteiger partial charge in [-0.2, -0.15) is 0 Å². The molecule has 0 unspecified atom stereocenters. The number of ether oxygens (including phenoxy) is 1. The zero-order valence-corrected chi connectivity index (χ0v) is 20.5. The van der Waals surface area contributed by atoms with Crippen molar-refractivity contribution in [1.82, 2.24) is 9.80 Å². The number of rotatable bonds is 4. The van der Waals surface area contributed by atoms with Gasteiger partial charge in [0.05, 0.1) is 4.90 Å². The van der Waals surface area contributed by atoms with Gasteiger partial charge in [-0.1, -0.05) is 6.07 Å². The highest BCUT2D eigenvalue weighted by molar-refractivity contribution is 7.92. The lowest BCUT2D eigenvalue weighted by Crippen LogP contribution is -2.51. The lowest BCUT2D eigenvalue weighted by Gasteiger charge is -2.35. The van der Waals surface area contributed by atoms with Crippen molar-refractivity contribution < 1.29 is 22.7 Å². The molecule has 0 radical (unpaired) electrons. The highest BCUT2D eigenvalue weighted by Crippen LogP contribution is 2.20. The molecule has 2 aromatic rings. The average Bonchev–Trinajstić information content (AvgIpc) is 2.74. The molecule has 1 aliphatic rings. The van der Waals surface area contributed by atoms with Gasteiger partial charge in [-0.25, -0.2) is 13.2 Å². The van der Waals surface area contributed by atoms with Gasteiger partial charge in [0.2, 0.25) is 0 Å². The van der Waals surface area contributed by atoms with E-state index in [2.05, 4.69) is 4.72 Å². The monoisotopic (exact) mass is 473 g/mol. The van der Waals surface area contributed by atoms with E-state index in [0.29, 0.717) is 37.4 Å². The van der Waals surface area contributed by atoms with Crippen molar-refractivity contribution in [3.63, 3.8) is 0 Å². The van der Waals surface area contributed by atoms with Gasteiger partial charge >= 0.3 is 6.09 Å². The van der Waals surface area contributed by atoms with Crippen molar-refractivity contribution in [2.24, 2.45) is 0 Å². The number of sulfonamides is 1. The van der Waals surface area contributed by atoms with Crippen molar-refractivity contribution in [2.45, 2.75) is 45.1 Å². The minimum Gasteiger partial charge on any atom is -0.444 e. The van der Waals surface area contributed by atoms with Crippen LogP contribution in [-0.4, -0.2) is 62.0 Å². The molecule has 0 aromatic heterocycles. The molecule has 1 fully saturated rings. The molecule has 1 N–H and O–H groups in total. The normalized spacial score (nSPS) is 14.7. The van der Waals surface area contributed by atoms with Crippen LogP contribution in [0, 0.1) is 13.8 Å². The smallest absolute Gasteiger partial charge is 0.410 e. The number of anilines is 1. The van der Waals surface area contributed by atoms with E-state index in [0.717, 1.165) is 11.1 Å². The van der Waals surface area contributed by atoms with Crippen molar-refractivity contribution in [1.29, 1.82) is 0 Å². The topological polar surface area (TPSA) is 96.0 Å². The van der Waals surface area contributed by atoms with E-state index >= 15 is 0 Å². The number of hydrogen-bond acceptors (Lipinski definition) is 5. The van der Waals surface area contributed by atoms with Crippen LogP contribution in [0.4, 0.5) is 10.5 Å². The third-order valence-corrected chi connectivity index (χ3v) is 6.77. The zero-order chi connectivity index (χ0) is 24.4. The lowest BCUT2D eigenvalue weighted by molar-refractivity contribution is 0.0141. The molecule has 1 saturated heterocycles. The van der Waals surface area contributed by atoms with Gasteiger partial charge in [0.1, 0.15) is 5.60 Å². The Balaban J connectivity index is 1.60. The van der Waals surface area contributed by atoms with Crippen LogP contribution in [0.3, 0.4) is 0 Å². The van der Waals surface area contributed by atoms with Gasteiger partial charge in [-0.05, 0) is 82.1 Å². The fourth-order valence-corrected chi connectivity index (χ4v) is 4.52. The van der Waals surface area contributed by atoms with E-state index in [1.165, 1.54) is 0 Å². The van der Waals surface area contributed by atoms with Crippen molar-refractivity contribution in [2.75, 3.05) is 30.9 Å². The first-order valence-corrected chi connectivity index (χ1v) is 12.3. The number of benzene rings is 2. The Morgan fingerprint density at radius 3 is 2.00 bits per heavy atom. The summed E-state index contributed by atoms with van der Waals surface area (Å²) in [6, 6.07) is 11.3. The van der Waals surface area contributed by atoms with Gasteiger partial charge in [0.15, 0.2) is 0 Å². The molecule has 9 heteroatoms. The van der Waals surface area contributed by atoms with Crippen LogP contribution < -0.4 is 4.72 Å². The second kappa shape index (κ2) is 9.43. The molecule has 178 valence electrons. The first-order chi connectivity index (χ1) is 15.4. The molecule has 3 rings (SSSR count). The van der Waals surface area contributed by atoms with E-state index in [4.69, 9.17) is 4.74 Å². The number of amides is 2. The predicted molar refractivity (Wildman–Crippen MR) is 127 cm³/mol. The maximum Gasteiger partial charge on any atom is 0.410 e. The molecule has 0 bridgehead atoms. The number of nitrogens with zero attached hydrogens (tertiary/aromatic N) is 2. The van der Waals surface area contributed by atoms with Crippen molar-refractivity contribution in [3.05, 3.63) is 59.2 Å². The zero-order valence-electron chi connectivity index (χ0n) is 19.7. The molecule has 2 amide bonds. The first kappa shape index (κ1) is 24.6. The number of carbonyl (C=O) groups excluding carboxylic acids is 2. The predicted octanol–water partition coefficient (Wildman–Crippen LogP) is 3.80. The molecule has 1 heterocycles. The Morgan fingerprint density at radius 1 is 0.879 bits per heavy atom. The summed E-state index contributed by atoms with van der Waals surface area (Å²) in [5.74, 6) is -0.164. The van der Waals surface area contributed by atoms with Crippen LogP contribution in [0.15, 0.2) is 47.4 Å². The van der Waals surface area contributed by atoms with Crippen LogP contribution in [-0.2, 0) is 14.8 Å². The van der Waals surface area contributed by atoms with Crippen molar-refractivity contribution >= 4 is 27.7 Å². The fourth-order valence-electron chi connectivity index (χ4n) is 3.38. The van der Waals surface area contributed by atoms with Crippen LogP contribution in [0.5, 0.6) is 0 Å². The summed E-state index contributed by atoms with van der Waals surface area (Å²) < 4.78 is 33.3. The average molecular weight is 474 g/mol. The molecular formula is C24H31N3O5S. The quantitative estimate of drug-likeness (QED) is 0.729. The fraction of sp³-hybridized carbons (Fsp3) is 0.417. The van der Waals surface area contributed by atoms with Gasteiger partial charge in [-0.15, -0.1) is 0 Å². The maximum atomic E-state index is 12.8. The van der Waals surface area contributed by atoms with Crippen LogP contribution >= 0.6 is 0 Å². The standard InChI is InChI=1S/C24H31N3O5S/c1-17-6-11-21(16-18(17)2)33(30,31)25-20-9-7-19(8-10-20)22(28)26-12-14-27(15-13-26)23(29)32-24(3,4)5/h6-11,16,25H,12-15H2,1-5H3. The summed E-state index contributed by atoms with van der Waals surface area (Å²) in [5.41, 5.74) is 2.18. The minimum atomic E-state index is -3.73. The highest BCUT2D eigenvalue weighted by atomic mass is 32.2. The third kappa shape index (κ3) is 6.25. The Kier molecular flexibility index (Phi) is 7.02. The van der Waals surface area contributed by atoms with Crippen LogP contribution in [0.1, 0.15) is 42.3 Å². The van der Waals surface area contributed by atoms with Gasteiger partial charge in [-0.3, -0.25) is 9.52 Å². The molecular weight excluding hydrogens is 442 g/mol. The summed E-state index contributed by atoms with van der Waals surface area (Å²) in [6.45, 7) is 10.8. The number of nitrogens with one attached hydrogen (secondary N) is 1. The minimum absolute atomic E-state index is 0.164. The lowest BCUT2D eigenvalue weighted by atomic mass is 10.1. The second-order valence-corrected chi connectivity index (χ2v) is 10.9. The number of carbonyl (C=O) groups is 2. The molecule has 33 heavy (non-hydrogen) atoms. The molecule has 0 aliphatic carbocycles. The Morgan fingerprint density at radius 2 is 1.45 bits per heavy atom. The number of aryl methyl sites for hydroxylation is 2. The molecule has 0 atom stereocenters. The Bertz CT molecular complexity index is 1130. The van der Waals surface area contributed by atoms with Gasteiger partial charge < -0.3 is 14.5 Å². The summed E-state index contributed by atoms with van der Waals surface area (Å²) >= 11 is 0. The van der Waals surface area contributed by atoms with E-state index in [1.807, 2.05) is 34.6 Å². The molecule has 2 aromatic carbocycles. The van der Waals surface area contributed by atoms with Crippen molar-refractivity contribution in [3.8, 4) is 0 Å².